The van der Waals surface area contributed by atoms with Gasteiger partial charge in [0.1, 0.15) is 0 Å². The van der Waals surface area contributed by atoms with Crippen molar-refractivity contribution in [2.75, 3.05) is 25.1 Å². The second kappa shape index (κ2) is 8.66. The average Bonchev–Trinajstić information content (AvgIpc) is 2.87. The first-order valence-electron chi connectivity index (χ1n) is 6.30. The molecule has 1 heterocycles. The highest BCUT2D eigenvalue weighted by molar-refractivity contribution is 7.99. The standard InChI is InChI=1S/C12H23N3O2S.ClH/c1-8(2)11(13)12(17)14-6-10(16)15(3)9-4-5-18-7-9;/h8-9,11H,4-7,13H2,1-3H3,(H,14,17);1H/t9?,11-;/m0./s1. The van der Waals surface area contributed by atoms with E-state index in [9.17, 15) is 9.59 Å². The number of carbonyl (C=O) groups is 2. The van der Waals surface area contributed by atoms with E-state index in [0.29, 0.717) is 6.04 Å². The van der Waals surface area contributed by atoms with Crippen LogP contribution in [0, 0.1) is 5.92 Å². The van der Waals surface area contributed by atoms with Gasteiger partial charge in [-0.15, -0.1) is 12.4 Å². The van der Waals surface area contributed by atoms with Gasteiger partial charge in [-0.3, -0.25) is 9.59 Å². The summed E-state index contributed by atoms with van der Waals surface area (Å²) in [6.45, 7) is 3.80. The predicted octanol–water partition coefficient (Wildman–Crippen LogP) is 0.472. The minimum Gasteiger partial charge on any atom is -0.346 e. The molecule has 1 rings (SSSR count). The lowest BCUT2D eigenvalue weighted by Crippen LogP contribution is -2.48. The van der Waals surface area contributed by atoms with E-state index >= 15 is 0 Å². The second-order valence-corrected chi connectivity index (χ2v) is 6.16. The van der Waals surface area contributed by atoms with Gasteiger partial charge >= 0.3 is 0 Å². The first-order chi connectivity index (χ1) is 8.43. The fourth-order valence-electron chi connectivity index (χ4n) is 1.74. The Kier molecular flexibility index (Phi) is 8.45. The van der Waals surface area contributed by atoms with Gasteiger partial charge in [0, 0.05) is 18.8 Å². The number of nitrogens with zero attached hydrogens (tertiary/aromatic N) is 1. The van der Waals surface area contributed by atoms with Crippen molar-refractivity contribution in [3.05, 3.63) is 0 Å². The summed E-state index contributed by atoms with van der Waals surface area (Å²) in [5, 5.41) is 2.61. The monoisotopic (exact) mass is 309 g/mol. The fourth-order valence-corrected chi connectivity index (χ4v) is 3.01. The van der Waals surface area contributed by atoms with E-state index in [1.807, 2.05) is 25.6 Å². The van der Waals surface area contributed by atoms with Crippen molar-refractivity contribution >= 4 is 36.0 Å². The third-order valence-corrected chi connectivity index (χ3v) is 4.43. The molecule has 5 nitrogen and oxygen atoms in total. The topological polar surface area (TPSA) is 75.4 Å². The van der Waals surface area contributed by atoms with Gasteiger partial charge in [0.15, 0.2) is 0 Å². The van der Waals surface area contributed by atoms with E-state index in [4.69, 9.17) is 5.73 Å². The highest BCUT2D eigenvalue weighted by Gasteiger charge is 2.24. The molecule has 1 fully saturated rings. The molecule has 1 aliphatic heterocycles. The van der Waals surface area contributed by atoms with Gasteiger partial charge in [-0.2, -0.15) is 11.8 Å². The molecule has 0 aromatic carbocycles. The maximum Gasteiger partial charge on any atom is 0.241 e. The fraction of sp³-hybridized carbons (Fsp3) is 0.833. The lowest BCUT2D eigenvalue weighted by molar-refractivity contribution is -0.133. The molecule has 1 saturated heterocycles. The van der Waals surface area contributed by atoms with Crippen molar-refractivity contribution in [3.63, 3.8) is 0 Å². The zero-order chi connectivity index (χ0) is 13.7. The number of hydrogen-bond donors (Lipinski definition) is 2. The van der Waals surface area contributed by atoms with Crippen molar-refractivity contribution in [3.8, 4) is 0 Å². The van der Waals surface area contributed by atoms with Crippen molar-refractivity contribution in [1.82, 2.24) is 10.2 Å². The Labute approximate surface area is 125 Å². The maximum atomic E-state index is 11.9. The largest absolute Gasteiger partial charge is 0.346 e. The first kappa shape index (κ1) is 18.5. The van der Waals surface area contributed by atoms with Crippen LogP contribution >= 0.6 is 24.2 Å². The van der Waals surface area contributed by atoms with E-state index in [0.717, 1.165) is 17.9 Å². The molecule has 0 aromatic heterocycles. The van der Waals surface area contributed by atoms with Gasteiger partial charge in [0.25, 0.3) is 0 Å². The van der Waals surface area contributed by atoms with Crippen LogP contribution in [0.5, 0.6) is 0 Å². The van der Waals surface area contributed by atoms with Crippen LogP contribution in [0.4, 0.5) is 0 Å². The normalized spacial score (nSPS) is 19.7. The number of halogens is 1. The maximum absolute atomic E-state index is 11.9. The molecule has 0 bridgehead atoms. The Morgan fingerprint density at radius 3 is 2.58 bits per heavy atom. The van der Waals surface area contributed by atoms with Gasteiger partial charge in [-0.05, 0) is 18.1 Å². The van der Waals surface area contributed by atoms with Crippen molar-refractivity contribution in [1.29, 1.82) is 0 Å². The lowest BCUT2D eigenvalue weighted by atomic mass is 10.1. The average molecular weight is 310 g/mol. The van der Waals surface area contributed by atoms with E-state index in [1.54, 1.807) is 11.9 Å². The highest BCUT2D eigenvalue weighted by Crippen LogP contribution is 2.21. The molecule has 19 heavy (non-hydrogen) atoms. The molecule has 0 radical (unpaired) electrons. The molecule has 3 N–H and O–H groups in total. The summed E-state index contributed by atoms with van der Waals surface area (Å²) < 4.78 is 0. The minimum atomic E-state index is -0.551. The summed E-state index contributed by atoms with van der Waals surface area (Å²) in [5.41, 5.74) is 5.70. The number of likely N-dealkylation sites (N-methyl/N-ethyl adjacent to an activating group) is 1. The lowest BCUT2D eigenvalue weighted by Gasteiger charge is -2.24. The zero-order valence-electron chi connectivity index (χ0n) is 11.7. The highest BCUT2D eigenvalue weighted by atomic mass is 35.5. The second-order valence-electron chi connectivity index (χ2n) is 5.01. The number of nitrogens with one attached hydrogen (secondary N) is 1. The Morgan fingerprint density at radius 1 is 1.47 bits per heavy atom. The minimum absolute atomic E-state index is 0. The number of carbonyl (C=O) groups excluding carboxylic acids is 2. The van der Waals surface area contributed by atoms with E-state index in [-0.39, 0.29) is 36.7 Å². The molecule has 2 amide bonds. The summed E-state index contributed by atoms with van der Waals surface area (Å²) in [7, 11) is 1.80. The molecule has 1 unspecified atom stereocenters. The molecule has 112 valence electrons. The van der Waals surface area contributed by atoms with Crippen LogP contribution in [0.25, 0.3) is 0 Å². The Bertz CT molecular complexity index is 309. The predicted molar refractivity (Wildman–Crippen MR) is 81.6 cm³/mol. The zero-order valence-corrected chi connectivity index (χ0v) is 13.4. The molecular weight excluding hydrogens is 286 g/mol. The summed E-state index contributed by atoms with van der Waals surface area (Å²) in [6, 6.07) is -0.247. The summed E-state index contributed by atoms with van der Waals surface area (Å²) in [4.78, 5) is 25.2. The van der Waals surface area contributed by atoms with Gasteiger partial charge < -0.3 is 16.0 Å². The van der Waals surface area contributed by atoms with Crippen LogP contribution in [0.3, 0.4) is 0 Å². The summed E-state index contributed by atoms with van der Waals surface area (Å²) in [5.74, 6) is 1.86. The van der Waals surface area contributed by atoms with Crippen LogP contribution in [0.1, 0.15) is 20.3 Å². The van der Waals surface area contributed by atoms with Gasteiger partial charge in [0.05, 0.1) is 12.6 Å². The number of thioether (sulfide) groups is 1. The van der Waals surface area contributed by atoms with E-state index in [2.05, 4.69) is 5.32 Å². The first-order valence-corrected chi connectivity index (χ1v) is 7.45. The molecule has 0 aromatic rings. The van der Waals surface area contributed by atoms with Crippen LogP contribution in [0.2, 0.25) is 0 Å². The van der Waals surface area contributed by atoms with E-state index < -0.39 is 6.04 Å². The molecular formula is C12H24ClN3O2S. The molecule has 1 aliphatic rings. The Hall–Kier alpha value is -0.460. The van der Waals surface area contributed by atoms with Gasteiger partial charge in [0.2, 0.25) is 11.8 Å². The Morgan fingerprint density at radius 2 is 2.11 bits per heavy atom. The van der Waals surface area contributed by atoms with E-state index in [1.165, 1.54) is 0 Å². The molecule has 0 aliphatic carbocycles. The smallest absolute Gasteiger partial charge is 0.241 e. The third kappa shape index (κ3) is 5.58. The number of nitrogens with two attached hydrogens (primary N) is 1. The van der Waals surface area contributed by atoms with Crippen molar-refractivity contribution in [2.24, 2.45) is 11.7 Å². The molecule has 7 heteroatoms. The van der Waals surface area contributed by atoms with Crippen LogP contribution < -0.4 is 11.1 Å². The van der Waals surface area contributed by atoms with Crippen LogP contribution in [-0.4, -0.2) is 53.9 Å². The summed E-state index contributed by atoms with van der Waals surface area (Å²) >= 11 is 1.86. The van der Waals surface area contributed by atoms with Crippen molar-refractivity contribution in [2.45, 2.75) is 32.4 Å². The quantitative estimate of drug-likeness (QED) is 0.774. The summed E-state index contributed by atoms with van der Waals surface area (Å²) in [6.07, 6.45) is 1.03. The molecule has 0 spiro atoms. The molecule has 2 atom stereocenters. The number of amides is 2. The Balaban J connectivity index is 0.00000324. The van der Waals surface area contributed by atoms with Gasteiger partial charge in [-0.25, -0.2) is 0 Å². The van der Waals surface area contributed by atoms with Crippen LogP contribution in [-0.2, 0) is 9.59 Å². The number of hydrogen-bond acceptors (Lipinski definition) is 4. The van der Waals surface area contributed by atoms with Crippen molar-refractivity contribution < 1.29 is 9.59 Å². The van der Waals surface area contributed by atoms with Gasteiger partial charge in [-0.1, -0.05) is 13.8 Å². The SMILES string of the molecule is CC(C)[C@H](N)C(=O)NCC(=O)N(C)C1CCSC1.Cl. The third-order valence-electron chi connectivity index (χ3n) is 3.28. The number of rotatable bonds is 5. The molecule has 0 saturated carbocycles. The van der Waals surface area contributed by atoms with Crippen LogP contribution in [0.15, 0.2) is 0 Å².